The number of carbonyl (C=O) groups excluding carboxylic acids is 2. The Morgan fingerprint density at radius 3 is 1.10 bits per heavy atom. The van der Waals surface area contributed by atoms with Gasteiger partial charge >= 0.3 is 5.97 Å². The quantitative estimate of drug-likeness (QED) is 0.0321. The van der Waals surface area contributed by atoms with Crippen molar-refractivity contribution in [3.8, 4) is 0 Å². The number of carbonyl (C=O) groups is 2. The lowest BCUT2D eigenvalue weighted by Gasteiger charge is -2.20. The first-order chi connectivity index (χ1) is 35.0. The standard InChI is InChI=1S/C65H121NO5/c1-3-5-7-9-11-13-15-17-19-21-22-23-26-29-33-37-41-45-49-53-57-63(68)62(61-67)66-64(69)58-54-50-46-42-38-34-30-27-24-25-28-32-36-40-44-48-52-56-60-71-65(70)59-55-51-47-43-39-35-31-20-18-16-14-12-10-8-6-4-2/h14,16,20,27,30-31,53,57,62-63,67-68H,3-13,15,17-19,21-26,28-29,32-52,54-56,58-61H2,1-2H3,(H,66,69)/b16-14-,30-27-,31-20-,57-53+. The van der Waals surface area contributed by atoms with Crippen molar-refractivity contribution in [2.75, 3.05) is 13.2 Å². The van der Waals surface area contributed by atoms with Crippen LogP contribution in [-0.4, -0.2) is 47.4 Å². The van der Waals surface area contributed by atoms with Crippen LogP contribution in [0.2, 0.25) is 0 Å². The molecule has 0 saturated carbocycles. The monoisotopic (exact) mass is 996 g/mol. The van der Waals surface area contributed by atoms with E-state index in [2.05, 4.69) is 55.6 Å². The molecular weight excluding hydrogens is 875 g/mol. The summed E-state index contributed by atoms with van der Waals surface area (Å²) in [6, 6.07) is -0.640. The van der Waals surface area contributed by atoms with E-state index in [9.17, 15) is 19.8 Å². The highest BCUT2D eigenvalue weighted by molar-refractivity contribution is 5.76. The summed E-state index contributed by atoms with van der Waals surface area (Å²) in [6.45, 7) is 4.88. The molecular formula is C65H121NO5. The van der Waals surface area contributed by atoms with E-state index in [-0.39, 0.29) is 18.5 Å². The van der Waals surface area contributed by atoms with Crippen LogP contribution in [0.3, 0.4) is 0 Å². The lowest BCUT2D eigenvalue weighted by Crippen LogP contribution is -2.45. The molecule has 416 valence electrons. The number of hydrogen-bond acceptors (Lipinski definition) is 5. The molecule has 0 aromatic carbocycles. The summed E-state index contributed by atoms with van der Waals surface area (Å²) >= 11 is 0. The second-order valence-electron chi connectivity index (χ2n) is 21.4. The maximum Gasteiger partial charge on any atom is 0.305 e. The predicted octanol–water partition coefficient (Wildman–Crippen LogP) is 19.7. The van der Waals surface area contributed by atoms with Crippen molar-refractivity contribution in [3.05, 3.63) is 48.6 Å². The number of aliphatic hydroxyl groups is 2. The van der Waals surface area contributed by atoms with Gasteiger partial charge in [-0.15, -0.1) is 0 Å². The number of hydrogen-bond donors (Lipinski definition) is 3. The highest BCUT2D eigenvalue weighted by Gasteiger charge is 2.18. The molecule has 71 heavy (non-hydrogen) atoms. The Morgan fingerprint density at radius 1 is 0.394 bits per heavy atom. The van der Waals surface area contributed by atoms with Gasteiger partial charge in [-0.3, -0.25) is 9.59 Å². The summed E-state index contributed by atoms with van der Waals surface area (Å²) in [5.74, 6) is -0.0924. The molecule has 0 bridgehead atoms. The lowest BCUT2D eigenvalue weighted by atomic mass is 10.0. The zero-order valence-electron chi connectivity index (χ0n) is 47.5. The third kappa shape index (κ3) is 57.0. The van der Waals surface area contributed by atoms with Gasteiger partial charge in [-0.1, -0.05) is 274 Å². The fourth-order valence-electron chi connectivity index (χ4n) is 9.48. The highest BCUT2D eigenvalue weighted by Crippen LogP contribution is 2.17. The molecule has 0 fully saturated rings. The van der Waals surface area contributed by atoms with Crippen molar-refractivity contribution in [3.63, 3.8) is 0 Å². The molecule has 1 amide bonds. The SMILES string of the molecule is CCCCCC/C=C\C/C=C\CCCCCCCC(=O)OCCCCCCCCCCC/C=C\CCCCCCCC(=O)NC(CO)C(O)/C=C/CCCCCCCCCCCCCCCCCCCC. The van der Waals surface area contributed by atoms with Crippen molar-refractivity contribution in [1.29, 1.82) is 0 Å². The minimum Gasteiger partial charge on any atom is -0.466 e. The summed E-state index contributed by atoms with van der Waals surface area (Å²) in [4.78, 5) is 24.6. The van der Waals surface area contributed by atoms with E-state index in [0.29, 0.717) is 19.4 Å². The van der Waals surface area contributed by atoms with Crippen LogP contribution >= 0.6 is 0 Å². The Hall–Kier alpha value is -2.18. The topological polar surface area (TPSA) is 95.9 Å². The van der Waals surface area contributed by atoms with Crippen molar-refractivity contribution in [2.45, 2.75) is 341 Å². The van der Waals surface area contributed by atoms with Crippen molar-refractivity contribution >= 4 is 11.9 Å². The Bertz CT molecular complexity index is 1190. The molecule has 0 spiro atoms. The largest absolute Gasteiger partial charge is 0.466 e. The van der Waals surface area contributed by atoms with Crippen molar-refractivity contribution in [2.24, 2.45) is 0 Å². The van der Waals surface area contributed by atoms with Crippen LogP contribution in [0, 0.1) is 0 Å². The van der Waals surface area contributed by atoms with E-state index in [1.165, 1.54) is 231 Å². The molecule has 3 N–H and O–H groups in total. The molecule has 0 saturated heterocycles. The molecule has 0 aliphatic heterocycles. The van der Waals surface area contributed by atoms with E-state index in [0.717, 1.165) is 70.6 Å². The van der Waals surface area contributed by atoms with Gasteiger partial charge in [0.2, 0.25) is 5.91 Å². The maximum absolute atomic E-state index is 12.5. The molecule has 0 rings (SSSR count). The Balaban J connectivity index is 3.49. The molecule has 6 heteroatoms. The summed E-state index contributed by atoms with van der Waals surface area (Å²) in [5, 5.41) is 23.2. The van der Waals surface area contributed by atoms with E-state index < -0.39 is 12.1 Å². The molecule has 0 aliphatic rings. The normalized spacial score (nSPS) is 12.9. The number of unbranched alkanes of at least 4 members (excludes halogenated alkanes) is 41. The first-order valence-corrected chi connectivity index (χ1v) is 31.4. The van der Waals surface area contributed by atoms with Gasteiger partial charge in [0.05, 0.1) is 25.4 Å². The number of allylic oxidation sites excluding steroid dienone is 7. The number of ether oxygens (including phenoxy) is 1. The molecule has 2 atom stereocenters. The molecule has 2 unspecified atom stereocenters. The average molecular weight is 997 g/mol. The number of amides is 1. The highest BCUT2D eigenvalue weighted by atomic mass is 16.5. The van der Waals surface area contributed by atoms with E-state index in [4.69, 9.17) is 4.74 Å². The summed E-state index contributed by atoms with van der Waals surface area (Å²) < 4.78 is 5.47. The van der Waals surface area contributed by atoms with Crippen LogP contribution in [-0.2, 0) is 14.3 Å². The van der Waals surface area contributed by atoms with Gasteiger partial charge in [-0.25, -0.2) is 0 Å². The minimum atomic E-state index is -0.855. The minimum absolute atomic E-state index is 0.0114. The smallest absolute Gasteiger partial charge is 0.305 e. The molecule has 0 aliphatic carbocycles. The number of rotatable bonds is 58. The van der Waals surface area contributed by atoms with Crippen LogP contribution in [0.25, 0.3) is 0 Å². The number of aliphatic hydroxyl groups excluding tert-OH is 2. The van der Waals surface area contributed by atoms with E-state index in [1.54, 1.807) is 6.08 Å². The van der Waals surface area contributed by atoms with E-state index in [1.807, 2.05) is 6.08 Å². The lowest BCUT2D eigenvalue weighted by molar-refractivity contribution is -0.143. The van der Waals surface area contributed by atoms with Crippen LogP contribution in [0.1, 0.15) is 328 Å². The van der Waals surface area contributed by atoms with Crippen molar-refractivity contribution < 1.29 is 24.5 Å². The molecule has 0 radical (unpaired) electrons. The second-order valence-corrected chi connectivity index (χ2v) is 21.4. The molecule has 0 aromatic heterocycles. The summed E-state index contributed by atoms with van der Waals surface area (Å²) in [7, 11) is 0. The van der Waals surface area contributed by atoms with Gasteiger partial charge < -0.3 is 20.3 Å². The number of esters is 1. The van der Waals surface area contributed by atoms with Gasteiger partial charge in [0.15, 0.2) is 0 Å². The van der Waals surface area contributed by atoms with Gasteiger partial charge in [0, 0.05) is 12.8 Å². The maximum atomic E-state index is 12.5. The zero-order valence-corrected chi connectivity index (χ0v) is 47.5. The first-order valence-electron chi connectivity index (χ1n) is 31.4. The third-order valence-corrected chi connectivity index (χ3v) is 14.3. The predicted molar refractivity (Wildman–Crippen MR) is 310 cm³/mol. The Labute approximate surface area is 442 Å². The fourth-order valence-corrected chi connectivity index (χ4v) is 9.48. The van der Waals surface area contributed by atoms with Crippen LogP contribution in [0.15, 0.2) is 48.6 Å². The molecule has 0 heterocycles. The Kier molecular flexibility index (Phi) is 58.5. The van der Waals surface area contributed by atoms with E-state index >= 15 is 0 Å². The van der Waals surface area contributed by atoms with Gasteiger partial charge in [0.1, 0.15) is 0 Å². The second kappa shape index (κ2) is 60.4. The fraction of sp³-hybridized carbons (Fsp3) is 0.846. The first kappa shape index (κ1) is 68.8. The van der Waals surface area contributed by atoms with Crippen molar-refractivity contribution in [1.82, 2.24) is 5.32 Å². The van der Waals surface area contributed by atoms with Gasteiger partial charge in [-0.05, 0) is 89.9 Å². The Morgan fingerprint density at radius 2 is 0.704 bits per heavy atom. The van der Waals surface area contributed by atoms with Gasteiger partial charge in [-0.2, -0.15) is 0 Å². The van der Waals surface area contributed by atoms with Crippen LogP contribution < -0.4 is 5.32 Å². The van der Waals surface area contributed by atoms with Crippen LogP contribution in [0.5, 0.6) is 0 Å². The van der Waals surface area contributed by atoms with Gasteiger partial charge in [0.25, 0.3) is 0 Å². The molecule has 6 nitrogen and oxygen atoms in total. The third-order valence-electron chi connectivity index (χ3n) is 14.3. The summed E-state index contributed by atoms with van der Waals surface area (Å²) in [5.41, 5.74) is 0. The summed E-state index contributed by atoms with van der Waals surface area (Å²) in [6.07, 6.45) is 77.1. The van der Waals surface area contributed by atoms with Crippen LogP contribution in [0.4, 0.5) is 0 Å². The average Bonchev–Trinajstić information content (AvgIpc) is 3.37. The number of nitrogens with one attached hydrogen (secondary N) is 1. The zero-order chi connectivity index (χ0) is 51.4. The molecule has 0 aromatic rings.